The van der Waals surface area contributed by atoms with Crippen molar-refractivity contribution in [1.82, 2.24) is 0 Å². The summed E-state index contributed by atoms with van der Waals surface area (Å²) in [5.41, 5.74) is 0. The SMILES string of the molecule is [Li][c]1c[c]([Li])c[c]([Li])c1.[NaH].c1ccc2ccccc2c1. The largest absolute Gasteiger partial charge is 0.0616 e. The summed E-state index contributed by atoms with van der Waals surface area (Å²) >= 11 is 6.38. The van der Waals surface area contributed by atoms with Gasteiger partial charge in [0.15, 0.2) is 0 Å². The third-order valence-electron chi connectivity index (χ3n) is 3.02. The first-order valence-corrected chi connectivity index (χ1v) is 6.64. The fourth-order valence-electron chi connectivity index (χ4n) is 2.34. The minimum Gasteiger partial charge on any atom is -0.0616 e. The third kappa shape index (κ3) is 6.22. The Labute approximate surface area is 171 Å². The summed E-state index contributed by atoms with van der Waals surface area (Å²) in [6, 6.07) is 23.3. The zero-order chi connectivity index (χ0) is 13.7. The van der Waals surface area contributed by atoms with Crippen molar-refractivity contribution in [2.45, 2.75) is 0 Å². The van der Waals surface area contributed by atoms with Crippen molar-refractivity contribution in [2.75, 3.05) is 0 Å². The number of hydrogen-bond donors (Lipinski definition) is 0. The van der Waals surface area contributed by atoms with Gasteiger partial charge in [-0.15, -0.1) is 0 Å². The monoisotopic (exact) mass is 248 g/mol. The van der Waals surface area contributed by atoms with E-state index in [9.17, 15) is 0 Å². The van der Waals surface area contributed by atoms with Crippen LogP contribution in [-0.2, 0) is 0 Å². The van der Waals surface area contributed by atoms with E-state index in [1.807, 2.05) is 0 Å². The zero-order valence-electron chi connectivity index (χ0n) is 11.9. The van der Waals surface area contributed by atoms with E-state index in [2.05, 4.69) is 120 Å². The van der Waals surface area contributed by atoms with Crippen LogP contribution in [0.1, 0.15) is 0 Å². The maximum Gasteiger partial charge on any atom is -0.0184 e. The molecule has 4 heteroatoms. The van der Waals surface area contributed by atoms with Crippen LogP contribution >= 0.6 is 0 Å². The summed E-state index contributed by atoms with van der Waals surface area (Å²) in [6.07, 6.45) is 0. The average molecular weight is 248 g/mol. The van der Waals surface area contributed by atoms with Crippen LogP contribution in [0.2, 0.25) is 0 Å². The van der Waals surface area contributed by atoms with E-state index >= 15 is 0 Å². The summed E-state index contributed by atoms with van der Waals surface area (Å²) in [5.74, 6) is 0. The molecule has 0 heterocycles. The van der Waals surface area contributed by atoms with E-state index in [-0.39, 0.29) is 29.6 Å². The summed E-state index contributed by atoms with van der Waals surface area (Å²) < 4.78 is 4.06. The van der Waals surface area contributed by atoms with Gasteiger partial charge in [-0.05, 0) is 10.8 Å². The van der Waals surface area contributed by atoms with Crippen molar-refractivity contribution >= 4 is 106 Å². The molecule has 3 rings (SSSR count). The number of rotatable bonds is 0. The molecule has 0 aliphatic heterocycles. The van der Waals surface area contributed by atoms with Gasteiger partial charge in [-0.2, -0.15) is 0 Å². The number of benzene rings is 3. The van der Waals surface area contributed by atoms with Gasteiger partial charge < -0.3 is 0 Å². The fraction of sp³-hybridized carbons (Fsp3) is 0. The molecule has 0 fully saturated rings. The van der Waals surface area contributed by atoms with Crippen LogP contribution in [0, 0.1) is 0 Å². The molecule has 0 spiro atoms. The molecule has 20 heavy (non-hydrogen) atoms. The van der Waals surface area contributed by atoms with Crippen molar-refractivity contribution in [3.63, 3.8) is 0 Å². The van der Waals surface area contributed by atoms with Crippen LogP contribution in [0.25, 0.3) is 10.8 Å². The Morgan fingerprint density at radius 1 is 0.500 bits per heavy atom. The summed E-state index contributed by atoms with van der Waals surface area (Å²) in [6.45, 7) is 0. The second-order valence-corrected chi connectivity index (χ2v) is 5.01. The second kappa shape index (κ2) is 9.67. The van der Waals surface area contributed by atoms with Crippen LogP contribution in [0.3, 0.4) is 0 Å². The molecule has 0 atom stereocenters. The molecule has 0 aliphatic carbocycles. The van der Waals surface area contributed by atoms with Gasteiger partial charge in [0.05, 0.1) is 0 Å². The Kier molecular flexibility index (Phi) is 9.07. The van der Waals surface area contributed by atoms with Gasteiger partial charge in [-0.1, -0.05) is 48.5 Å². The Bertz CT molecular complexity index is 567. The van der Waals surface area contributed by atoms with E-state index in [0.29, 0.717) is 0 Å². The molecular formula is C16H12Li3Na. The summed E-state index contributed by atoms with van der Waals surface area (Å²) in [4.78, 5) is 0. The second-order valence-electron chi connectivity index (χ2n) is 5.01. The Balaban J connectivity index is 0.000000192. The first-order valence-electron chi connectivity index (χ1n) is 6.64. The van der Waals surface area contributed by atoms with Gasteiger partial charge in [0, 0.05) is 0 Å². The van der Waals surface area contributed by atoms with E-state index in [4.69, 9.17) is 0 Å². The molecule has 0 radical (unpaired) electrons. The average Bonchev–Trinajstić information content (AvgIpc) is 2.38. The fourth-order valence-corrected chi connectivity index (χ4v) is 2.34. The maximum atomic E-state index is 2.19. The van der Waals surface area contributed by atoms with Gasteiger partial charge in [0.25, 0.3) is 0 Å². The Morgan fingerprint density at radius 3 is 1.00 bits per heavy atom. The van der Waals surface area contributed by atoms with Gasteiger partial charge >= 0.3 is 114 Å². The molecule has 0 amide bonds. The van der Waals surface area contributed by atoms with E-state index in [1.165, 1.54) is 23.5 Å². The quantitative estimate of drug-likeness (QED) is 0.501. The normalized spacial score (nSPS) is 9.50. The smallest absolute Gasteiger partial charge is 0.0184 e. The van der Waals surface area contributed by atoms with Gasteiger partial charge in [0.1, 0.15) is 0 Å². The molecule has 0 N–H and O–H groups in total. The number of hydrogen-bond acceptors (Lipinski definition) is 0. The summed E-state index contributed by atoms with van der Waals surface area (Å²) in [7, 11) is 0. The molecule has 0 aromatic heterocycles. The van der Waals surface area contributed by atoms with Crippen LogP contribution < -0.4 is 12.7 Å². The van der Waals surface area contributed by atoms with E-state index < -0.39 is 0 Å². The Hall–Kier alpha value is 0.712. The van der Waals surface area contributed by atoms with Gasteiger partial charge in [-0.3, -0.25) is 0 Å². The molecule has 0 nitrogen and oxygen atoms in total. The van der Waals surface area contributed by atoms with Crippen LogP contribution in [0.15, 0.2) is 66.7 Å². The minimum atomic E-state index is 0. The third-order valence-corrected chi connectivity index (χ3v) is 3.02. The predicted octanol–water partition coefficient (Wildman–Crippen LogP) is 0.259. The van der Waals surface area contributed by atoms with Crippen molar-refractivity contribution < 1.29 is 0 Å². The zero-order valence-corrected chi connectivity index (χ0v) is 11.9. The summed E-state index contributed by atoms with van der Waals surface area (Å²) in [5, 5.41) is 2.62. The molecule has 80 valence electrons. The topological polar surface area (TPSA) is 0 Å². The number of fused-ring (bicyclic) bond motifs is 1. The molecule has 0 unspecified atom stereocenters. The van der Waals surface area contributed by atoms with E-state index in [0.717, 1.165) is 0 Å². The Morgan fingerprint density at radius 2 is 0.750 bits per heavy atom. The first-order chi connectivity index (χ1) is 9.15. The van der Waals surface area contributed by atoms with Crippen LogP contribution in [0.5, 0.6) is 0 Å². The van der Waals surface area contributed by atoms with Crippen LogP contribution in [-0.4, -0.2) is 82.7 Å². The molecule has 3 aromatic rings. The van der Waals surface area contributed by atoms with Crippen molar-refractivity contribution in [1.29, 1.82) is 0 Å². The van der Waals surface area contributed by atoms with Crippen molar-refractivity contribution in [3.8, 4) is 0 Å². The van der Waals surface area contributed by atoms with E-state index in [1.54, 1.807) is 0 Å². The predicted molar refractivity (Wildman–Crippen MR) is 93.7 cm³/mol. The molecule has 0 aliphatic rings. The van der Waals surface area contributed by atoms with Crippen molar-refractivity contribution in [3.05, 3.63) is 66.7 Å². The molecule has 0 bridgehead atoms. The van der Waals surface area contributed by atoms with Gasteiger partial charge in [0.2, 0.25) is 0 Å². The standard InChI is InChI=1S/C10H8.C6H3.3Li.Na.H/c1-2-6-10-8-4-3-7-9(10)5-1;1-2-4-6-5-3-1;;;;;/h1-8H;1,4-5H;;;;;. The first kappa shape index (κ1) is 18.8. The molecular weight excluding hydrogens is 236 g/mol. The van der Waals surface area contributed by atoms with Crippen molar-refractivity contribution in [2.24, 2.45) is 0 Å². The molecule has 3 aromatic carbocycles. The van der Waals surface area contributed by atoms with Gasteiger partial charge in [-0.25, -0.2) is 0 Å². The minimum absolute atomic E-state index is 0. The van der Waals surface area contributed by atoms with Crippen LogP contribution in [0.4, 0.5) is 0 Å². The maximum absolute atomic E-state index is 2.19. The molecule has 0 saturated heterocycles. The molecule has 0 saturated carbocycles.